The lowest BCUT2D eigenvalue weighted by atomic mass is 9.82. The number of anilines is 2. The molecule has 2 aliphatic rings. The molecule has 0 radical (unpaired) electrons. The van der Waals surface area contributed by atoms with Gasteiger partial charge in [-0.2, -0.15) is 4.98 Å². The van der Waals surface area contributed by atoms with Crippen molar-refractivity contribution in [2.45, 2.75) is 49.5 Å². The number of nitrogens with zero attached hydrogens (tertiary/aromatic N) is 2. The van der Waals surface area contributed by atoms with Crippen LogP contribution in [0.3, 0.4) is 0 Å². The molecular formula is C25H30ClN5O2S. The van der Waals surface area contributed by atoms with Crippen LogP contribution < -0.4 is 15.4 Å². The van der Waals surface area contributed by atoms with Gasteiger partial charge in [-0.05, 0) is 74.6 Å². The standard InChI is InChI=1S/C25H30ClN5O2S/c26-21-6-2-4-8-23(21)34(32,33)28-16-18-11-9-17(10-12-18)15-27-25-30-22-7-3-1-5-20(22)24(31-25)29-19-13-14-19/h1-8,17-19,28H,9-16H2,(H2,27,29,30,31)/t17-,18-. The van der Waals surface area contributed by atoms with Crippen LogP contribution in [0.5, 0.6) is 0 Å². The van der Waals surface area contributed by atoms with Gasteiger partial charge in [0.15, 0.2) is 0 Å². The molecule has 34 heavy (non-hydrogen) atoms. The van der Waals surface area contributed by atoms with Gasteiger partial charge in [0.1, 0.15) is 10.7 Å². The van der Waals surface area contributed by atoms with Crippen LogP contribution in [0, 0.1) is 11.8 Å². The zero-order valence-electron chi connectivity index (χ0n) is 19.0. The highest BCUT2D eigenvalue weighted by molar-refractivity contribution is 7.89. The quantitative estimate of drug-likeness (QED) is 0.381. The Bertz CT molecular complexity index is 1260. The van der Waals surface area contributed by atoms with E-state index in [2.05, 4.69) is 21.4 Å². The molecule has 1 heterocycles. The van der Waals surface area contributed by atoms with Gasteiger partial charge in [-0.3, -0.25) is 0 Å². The molecule has 0 aliphatic heterocycles. The predicted molar refractivity (Wildman–Crippen MR) is 137 cm³/mol. The Morgan fingerprint density at radius 1 is 0.853 bits per heavy atom. The fourth-order valence-electron chi connectivity index (χ4n) is 4.53. The number of benzene rings is 2. The molecule has 7 nitrogen and oxygen atoms in total. The van der Waals surface area contributed by atoms with E-state index in [0.29, 0.717) is 30.4 Å². The average molecular weight is 500 g/mol. The zero-order valence-corrected chi connectivity index (χ0v) is 20.6. The van der Waals surface area contributed by atoms with Gasteiger partial charge in [-0.25, -0.2) is 18.1 Å². The van der Waals surface area contributed by atoms with Gasteiger partial charge in [-0.15, -0.1) is 0 Å². The highest BCUT2D eigenvalue weighted by atomic mass is 35.5. The summed E-state index contributed by atoms with van der Waals surface area (Å²) in [5.74, 6) is 2.42. The van der Waals surface area contributed by atoms with Crippen molar-refractivity contribution in [2.24, 2.45) is 11.8 Å². The summed E-state index contributed by atoms with van der Waals surface area (Å²) in [6.07, 6.45) is 6.46. The monoisotopic (exact) mass is 499 g/mol. The normalized spacial score (nSPS) is 20.9. The van der Waals surface area contributed by atoms with E-state index in [1.807, 2.05) is 18.2 Å². The number of halogens is 1. The molecule has 3 aromatic rings. The molecule has 2 fully saturated rings. The molecule has 3 N–H and O–H groups in total. The third-order valence-electron chi connectivity index (χ3n) is 6.72. The summed E-state index contributed by atoms with van der Waals surface area (Å²) < 4.78 is 27.9. The molecule has 5 rings (SSSR count). The minimum absolute atomic E-state index is 0.139. The van der Waals surface area contributed by atoms with Gasteiger partial charge >= 0.3 is 0 Å². The summed E-state index contributed by atoms with van der Waals surface area (Å²) in [4.78, 5) is 9.60. The van der Waals surface area contributed by atoms with Gasteiger partial charge in [0.05, 0.1) is 10.5 Å². The van der Waals surface area contributed by atoms with Crippen LogP contribution in [0.1, 0.15) is 38.5 Å². The molecular weight excluding hydrogens is 470 g/mol. The fourth-order valence-corrected chi connectivity index (χ4v) is 6.16. The topological polar surface area (TPSA) is 96.0 Å². The van der Waals surface area contributed by atoms with Crippen LogP contribution in [-0.2, 0) is 10.0 Å². The number of fused-ring (bicyclic) bond motifs is 1. The van der Waals surface area contributed by atoms with Crippen LogP contribution in [-0.4, -0.2) is 37.5 Å². The van der Waals surface area contributed by atoms with Crippen LogP contribution in [0.2, 0.25) is 5.02 Å². The van der Waals surface area contributed by atoms with Crippen molar-refractivity contribution in [2.75, 3.05) is 23.7 Å². The summed E-state index contributed by atoms with van der Waals surface area (Å²) in [6, 6.07) is 15.2. The van der Waals surface area contributed by atoms with Crippen LogP contribution >= 0.6 is 11.6 Å². The molecule has 9 heteroatoms. The molecule has 0 amide bonds. The number of sulfonamides is 1. The van der Waals surface area contributed by atoms with Gasteiger partial charge < -0.3 is 10.6 Å². The molecule has 0 atom stereocenters. The average Bonchev–Trinajstić information content (AvgIpc) is 3.66. The zero-order chi connectivity index (χ0) is 23.5. The first-order valence-corrected chi connectivity index (χ1v) is 13.9. The Hall–Kier alpha value is -2.42. The van der Waals surface area contributed by atoms with E-state index >= 15 is 0 Å². The van der Waals surface area contributed by atoms with Crippen molar-refractivity contribution >= 4 is 44.3 Å². The van der Waals surface area contributed by atoms with E-state index in [4.69, 9.17) is 21.6 Å². The maximum Gasteiger partial charge on any atom is 0.242 e. The second kappa shape index (κ2) is 10.1. The summed E-state index contributed by atoms with van der Waals surface area (Å²) in [7, 11) is -3.59. The second-order valence-corrected chi connectivity index (χ2v) is 11.5. The van der Waals surface area contributed by atoms with E-state index in [9.17, 15) is 8.42 Å². The van der Waals surface area contributed by atoms with E-state index < -0.39 is 10.0 Å². The van der Waals surface area contributed by atoms with Gasteiger partial charge in [0, 0.05) is 24.5 Å². The molecule has 2 aliphatic carbocycles. The Kier molecular flexibility index (Phi) is 6.90. The summed E-state index contributed by atoms with van der Waals surface area (Å²) >= 11 is 6.06. The number of hydrogen-bond donors (Lipinski definition) is 3. The molecule has 0 spiro atoms. The predicted octanol–water partition coefficient (Wildman–Crippen LogP) is 5.05. The number of nitrogens with one attached hydrogen (secondary N) is 3. The lowest BCUT2D eigenvalue weighted by molar-refractivity contribution is 0.284. The van der Waals surface area contributed by atoms with Crippen LogP contribution in [0.4, 0.5) is 11.8 Å². The molecule has 0 bridgehead atoms. The van der Waals surface area contributed by atoms with Crippen LogP contribution in [0.25, 0.3) is 10.9 Å². The van der Waals surface area contributed by atoms with E-state index in [0.717, 1.165) is 48.9 Å². The highest BCUT2D eigenvalue weighted by Crippen LogP contribution is 2.31. The molecule has 1 aromatic heterocycles. The van der Waals surface area contributed by atoms with Gasteiger partial charge in [0.2, 0.25) is 16.0 Å². The van der Waals surface area contributed by atoms with Crippen molar-refractivity contribution in [3.05, 3.63) is 53.6 Å². The Morgan fingerprint density at radius 3 is 2.26 bits per heavy atom. The second-order valence-electron chi connectivity index (χ2n) is 9.38. The molecule has 180 valence electrons. The number of rotatable bonds is 9. The molecule has 0 saturated heterocycles. The van der Waals surface area contributed by atoms with E-state index in [-0.39, 0.29) is 9.92 Å². The lowest BCUT2D eigenvalue weighted by Gasteiger charge is -2.28. The smallest absolute Gasteiger partial charge is 0.242 e. The maximum atomic E-state index is 12.6. The molecule has 0 unspecified atom stereocenters. The number of para-hydroxylation sites is 1. The van der Waals surface area contributed by atoms with E-state index in [1.165, 1.54) is 18.9 Å². The summed E-state index contributed by atoms with van der Waals surface area (Å²) in [5.41, 5.74) is 0.942. The Balaban J connectivity index is 1.13. The Morgan fingerprint density at radius 2 is 1.53 bits per heavy atom. The van der Waals surface area contributed by atoms with E-state index in [1.54, 1.807) is 18.2 Å². The minimum atomic E-state index is -3.59. The largest absolute Gasteiger partial charge is 0.367 e. The maximum absolute atomic E-state index is 12.6. The van der Waals surface area contributed by atoms with Crippen molar-refractivity contribution in [1.29, 1.82) is 0 Å². The first kappa shape index (κ1) is 23.3. The summed E-state index contributed by atoms with van der Waals surface area (Å²) in [5, 5.41) is 8.28. The van der Waals surface area contributed by atoms with Crippen molar-refractivity contribution in [3.63, 3.8) is 0 Å². The first-order chi connectivity index (χ1) is 16.5. The minimum Gasteiger partial charge on any atom is -0.367 e. The number of hydrogen-bond acceptors (Lipinski definition) is 6. The van der Waals surface area contributed by atoms with Crippen molar-refractivity contribution in [1.82, 2.24) is 14.7 Å². The number of aromatic nitrogens is 2. The third kappa shape index (κ3) is 5.62. The highest BCUT2D eigenvalue weighted by Gasteiger charge is 2.25. The first-order valence-electron chi connectivity index (χ1n) is 12.0. The Labute approximate surface area is 205 Å². The van der Waals surface area contributed by atoms with Crippen molar-refractivity contribution in [3.8, 4) is 0 Å². The fraction of sp³-hybridized carbons (Fsp3) is 0.440. The molecule has 2 saturated carbocycles. The van der Waals surface area contributed by atoms with Gasteiger partial charge in [0.25, 0.3) is 0 Å². The van der Waals surface area contributed by atoms with Crippen LogP contribution in [0.15, 0.2) is 53.4 Å². The SMILES string of the molecule is O=S(=O)(NC[C@H]1CC[C@H](CNc2nc(NC3CC3)c3ccccc3n2)CC1)c1ccccc1Cl. The van der Waals surface area contributed by atoms with Gasteiger partial charge in [-0.1, -0.05) is 35.9 Å². The molecule has 2 aromatic carbocycles. The third-order valence-corrected chi connectivity index (χ3v) is 8.65. The lowest BCUT2D eigenvalue weighted by Crippen LogP contribution is -2.32. The van der Waals surface area contributed by atoms with Crippen molar-refractivity contribution < 1.29 is 8.42 Å². The summed E-state index contributed by atoms with van der Waals surface area (Å²) in [6.45, 7) is 1.26.